The van der Waals surface area contributed by atoms with Crippen molar-refractivity contribution in [2.24, 2.45) is 0 Å². The summed E-state index contributed by atoms with van der Waals surface area (Å²) >= 11 is 0. The van der Waals surface area contributed by atoms with Gasteiger partial charge in [0.05, 0.1) is 10.9 Å². The molecule has 5 rings (SSSR count). The third-order valence-corrected chi connectivity index (χ3v) is 6.19. The van der Waals surface area contributed by atoms with E-state index in [1.165, 1.54) is 12.4 Å². The van der Waals surface area contributed by atoms with Gasteiger partial charge >= 0.3 is 6.18 Å². The molecule has 6 nitrogen and oxygen atoms in total. The van der Waals surface area contributed by atoms with Gasteiger partial charge in [-0.1, -0.05) is 36.4 Å². The number of anilines is 1. The van der Waals surface area contributed by atoms with E-state index in [-0.39, 0.29) is 5.91 Å². The van der Waals surface area contributed by atoms with Crippen LogP contribution in [0.2, 0.25) is 0 Å². The Morgan fingerprint density at radius 2 is 1.86 bits per heavy atom. The normalized spacial score (nSPS) is 14.1. The Hall–Kier alpha value is -3.88. The van der Waals surface area contributed by atoms with Crippen LogP contribution in [0.25, 0.3) is 27.8 Å². The molecule has 0 saturated carbocycles. The zero-order valence-electron chi connectivity index (χ0n) is 18.9. The van der Waals surface area contributed by atoms with E-state index in [9.17, 15) is 18.0 Å². The molecular weight excluding hydrogens is 455 g/mol. The number of fused-ring (bicyclic) bond motifs is 1. The number of halogens is 3. The summed E-state index contributed by atoms with van der Waals surface area (Å²) in [6.07, 6.45) is 1.05. The third-order valence-electron chi connectivity index (χ3n) is 6.19. The molecule has 0 bridgehead atoms. The summed E-state index contributed by atoms with van der Waals surface area (Å²) in [6.45, 7) is 2.07. The number of carbonyl (C=O) groups is 1. The van der Waals surface area contributed by atoms with Crippen LogP contribution in [-0.2, 0) is 11.0 Å². The topological polar surface area (TPSA) is 63.1 Å². The Morgan fingerprint density at radius 3 is 2.60 bits per heavy atom. The first-order chi connectivity index (χ1) is 16.9. The van der Waals surface area contributed by atoms with E-state index in [4.69, 9.17) is 0 Å². The van der Waals surface area contributed by atoms with Crippen molar-refractivity contribution in [2.75, 3.05) is 25.0 Å². The van der Waals surface area contributed by atoms with E-state index in [1.54, 1.807) is 16.8 Å². The minimum Gasteiger partial charge on any atom is -0.369 e. The second kappa shape index (κ2) is 9.40. The minimum atomic E-state index is -4.44. The van der Waals surface area contributed by atoms with Gasteiger partial charge < -0.3 is 14.8 Å². The molecule has 1 aliphatic rings. The first-order valence-electron chi connectivity index (χ1n) is 11.5. The number of carbonyl (C=O) groups excluding carboxylic acids is 1. The number of amides is 1. The molecule has 0 unspecified atom stereocenters. The summed E-state index contributed by atoms with van der Waals surface area (Å²) in [5, 5.41) is 4.08. The van der Waals surface area contributed by atoms with Gasteiger partial charge in [-0.25, -0.2) is 9.97 Å². The molecular formula is C26H24F3N5O. The fourth-order valence-corrected chi connectivity index (χ4v) is 4.48. The molecule has 180 valence electrons. The smallest absolute Gasteiger partial charge is 0.369 e. The van der Waals surface area contributed by atoms with Gasteiger partial charge in [-0.2, -0.15) is 13.2 Å². The van der Waals surface area contributed by atoms with Gasteiger partial charge in [0.2, 0.25) is 5.91 Å². The SMILES string of the molecule is O=C1CCCN1CCCNc1ncnc2c1c(-c1ccccc1)cn2-c1cccc(C(F)(F)F)c1. The number of hydrogen-bond donors (Lipinski definition) is 1. The van der Waals surface area contributed by atoms with E-state index in [1.807, 2.05) is 35.2 Å². The fraction of sp³-hybridized carbons (Fsp3) is 0.269. The lowest BCUT2D eigenvalue weighted by Crippen LogP contribution is -2.27. The number of likely N-dealkylation sites (tertiary alicyclic amines) is 1. The largest absolute Gasteiger partial charge is 0.416 e. The van der Waals surface area contributed by atoms with Crippen LogP contribution in [0.3, 0.4) is 0 Å². The van der Waals surface area contributed by atoms with Crippen molar-refractivity contribution in [1.82, 2.24) is 19.4 Å². The molecule has 35 heavy (non-hydrogen) atoms. The molecule has 3 heterocycles. The van der Waals surface area contributed by atoms with Crippen molar-refractivity contribution in [1.29, 1.82) is 0 Å². The lowest BCUT2D eigenvalue weighted by molar-refractivity contribution is -0.137. The second-order valence-corrected chi connectivity index (χ2v) is 8.51. The van der Waals surface area contributed by atoms with Gasteiger partial charge in [0.15, 0.2) is 5.65 Å². The fourth-order valence-electron chi connectivity index (χ4n) is 4.48. The number of benzene rings is 2. The molecule has 1 amide bonds. The van der Waals surface area contributed by atoms with E-state index in [0.717, 1.165) is 48.0 Å². The van der Waals surface area contributed by atoms with Crippen LogP contribution in [0.4, 0.5) is 19.0 Å². The van der Waals surface area contributed by atoms with Gasteiger partial charge in [-0.3, -0.25) is 4.79 Å². The van der Waals surface area contributed by atoms with Crippen molar-refractivity contribution in [3.8, 4) is 16.8 Å². The molecule has 2 aromatic carbocycles. The molecule has 0 radical (unpaired) electrons. The number of rotatable bonds is 7. The van der Waals surface area contributed by atoms with Gasteiger partial charge in [-0.15, -0.1) is 0 Å². The molecule has 1 N–H and O–H groups in total. The maximum absolute atomic E-state index is 13.4. The minimum absolute atomic E-state index is 0.193. The van der Waals surface area contributed by atoms with Crippen LogP contribution in [0, 0.1) is 0 Å². The first-order valence-corrected chi connectivity index (χ1v) is 11.5. The monoisotopic (exact) mass is 479 g/mol. The highest BCUT2D eigenvalue weighted by atomic mass is 19.4. The van der Waals surface area contributed by atoms with Crippen LogP contribution >= 0.6 is 0 Å². The van der Waals surface area contributed by atoms with Crippen molar-refractivity contribution in [3.05, 3.63) is 72.7 Å². The molecule has 4 aromatic rings. The molecule has 1 fully saturated rings. The summed E-state index contributed by atoms with van der Waals surface area (Å²) in [4.78, 5) is 22.6. The van der Waals surface area contributed by atoms with Gasteiger partial charge in [-0.05, 0) is 36.6 Å². The number of hydrogen-bond acceptors (Lipinski definition) is 4. The third kappa shape index (κ3) is 4.71. The lowest BCUT2D eigenvalue weighted by atomic mass is 10.1. The van der Waals surface area contributed by atoms with Gasteiger partial charge in [0, 0.05) is 43.5 Å². The van der Waals surface area contributed by atoms with Crippen molar-refractivity contribution in [3.63, 3.8) is 0 Å². The Kier molecular flexibility index (Phi) is 6.15. The highest BCUT2D eigenvalue weighted by Crippen LogP contribution is 2.36. The number of nitrogens with zero attached hydrogens (tertiary/aromatic N) is 4. The van der Waals surface area contributed by atoms with Crippen LogP contribution in [-0.4, -0.2) is 45.0 Å². The number of aromatic nitrogens is 3. The molecule has 0 spiro atoms. The zero-order valence-corrected chi connectivity index (χ0v) is 18.9. The Labute approximate surface area is 200 Å². The summed E-state index contributed by atoms with van der Waals surface area (Å²) < 4.78 is 41.8. The average Bonchev–Trinajstić information content (AvgIpc) is 3.46. The Bertz CT molecular complexity index is 1350. The van der Waals surface area contributed by atoms with Gasteiger partial charge in [0.1, 0.15) is 12.1 Å². The highest BCUT2D eigenvalue weighted by molar-refractivity contribution is 6.02. The highest BCUT2D eigenvalue weighted by Gasteiger charge is 2.31. The summed E-state index contributed by atoms with van der Waals surface area (Å²) in [5.41, 5.74) is 1.88. The van der Waals surface area contributed by atoms with Crippen LogP contribution in [0.15, 0.2) is 67.1 Å². The zero-order chi connectivity index (χ0) is 24.4. The molecule has 0 aliphatic carbocycles. The number of nitrogens with one attached hydrogen (secondary N) is 1. The number of alkyl halides is 3. The van der Waals surface area contributed by atoms with E-state index in [0.29, 0.717) is 36.7 Å². The predicted molar refractivity (Wildman–Crippen MR) is 128 cm³/mol. The maximum atomic E-state index is 13.4. The first kappa shape index (κ1) is 22.9. The standard InChI is InChI=1S/C26H24F3N5O/c27-26(28,29)19-9-4-10-20(15-19)34-16-21(18-7-2-1-3-8-18)23-24(31-17-32-25(23)34)30-12-6-14-33-13-5-11-22(33)35/h1-4,7-10,15-17H,5-6,11-14H2,(H,30,31,32). The predicted octanol–water partition coefficient (Wildman–Crippen LogP) is 5.53. The van der Waals surface area contributed by atoms with Crippen molar-refractivity contribution in [2.45, 2.75) is 25.4 Å². The van der Waals surface area contributed by atoms with E-state index < -0.39 is 11.7 Å². The quantitative estimate of drug-likeness (QED) is 0.354. The van der Waals surface area contributed by atoms with Gasteiger partial charge in [0.25, 0.3) is 0 Å². The maximum Gasteiger partial charge on any atom is 0.416 e. The van der Waals surface area contributed by atoms with Crippen molar-refractivity contribution >= 4 is 22.8 Å². The second-order valence-electron chi connectivity index (χ2n) is 8.51. The summed E-state index contributed by atoms with van der Waals surface area (Å²) in [6, 6.07) is 14.8. The average molecular weight is 480 g/mol. The molecule has 1 saturated heterocycles. The van der Waals surface area contributed by atoms with Crippen LogP contribution in [0.1, 0.15) is 24.8 Å². The summed E-state index contributed by atoms with van der Waals surface area (Å²) in [7, 11) is 0. The van der Waals surface area contributed by atoms with E-state index >= 15 is 0 Å². The molecule has 0 atom stereocenters. The lowest BCUT2D eigenvalue weighted by Gasteiger charge is -2.15. The van der Waals surface area contributed by atoms with Crippen molar-refractivity contribution < 1.29 is 18.0 Å². The molecule has 9 heteroatoms. The summed E-state index contributed by atoms with van der Waals surface area (Å²) in [5.74, 6) is 0.797. The molecule has 1 aliphatic heterocycles. The Balaban J connectivity index is 1.52. The Morgan fingerprint density at radius 1 is 1.03 bits per heavy atom. The molecule has 2 aromatic heterocycles. The van der Waals surface area contributed by atoms with E-state index in [2.05, 4.69) is 15.3 Å². The van der Waals surface area contributed by atoms with Crippen LogP contribution in [0.5, 0.6) is 0 Å². The van der Waals surface area contributed by atoms with Crippen LogP contribution < -0.4 is 5.32 Å².